The Morgan fingerprint density at radius 2 is 0.442 bits per heavy atom. The second kappa shape index (κ2) is 65.0. The number of hydrogen-bond acceptors (Lipinski definition) is 34. The first-order chi connectivity index (χ1) is 40.2. The van der Waals surface area contributed by atoms with Gasteiger partial charge in [0.15, 0.2) is 0 Å². The molecule has 6 heterocycles. The maximum absolute atomic E-state index is 8.25. The Balaban J connectivity index is -0.000000256. The van der Waals surface area contributed by atoms with Gasteiger partial charge in [0.1, 0.15) is 0 Å². The largest absolute Gasteiger partial charge is 3.00 e. The molecule has 0 amide bonds. The van der Waals surface area contributed by atoms with Crippen molar-refractivity contribution in [3.8, 4) is 0 Å². The van der Waals surface area contributed by atoms with E-state index in [1.54, 1.807) is 75.3 Å². The Morgan fingerprint density at radius 1 is 0.326 bits per heavy atom. The predicted octanol–water partition coefficient (Wildman–Crippen LogP) is -0.588. The molecule has 6 rings (SSSR count). The number of aliphatic hydroxyl groups excluding tert-OH is 2. The van der Waals surface area contributed by atoms with E-state index in [1.807, 2.05) is 37.2 Å². The molecule has 0 aliphatic carbocycles. The Kier molecular flexibility index (Phi) is 66.6. The van der Waals surface area contributed by atoms with Gasteiger partial charge in [-0.05, 0) is 0 Å². The standard InChI is InChI=1S/2C18H24N10.2CH4O.2Dy.6NO3/c2*1(19-7-16-10-22-13-25-16)4-28(5-2-20-8-17-11-23-14-26-17)6-3-21-9-18-12-24-15-27-18;2*1-2;;;6*2-1(3)4/h2*7-15H,1-6H2,(H,22,25)(H,23,26)(H,24,27);2*2H,1H3;;;;;;;;/q;;;;2*+3;6*-1. The summed E-state index contributed by atoms with van der Waals surface area (Å²) in [5, 5.41) is 102. The van der Waals surface area contributed by atoms with Crippen molar-refractivity contribution in [3.05, 3.63) is 201 Å². The Hall–Kier alpha value is -9.13. The number of rotatable bonds is 24. The molecule has 0 unspecified atom stereocenters. The summed E-state index contributed by atoms with van der Waals surface area (Å²) >= 11 is 0. The van der Waals surface area contributed by atoms with Gasteiger partial charge in [0.2, 0.25) is 0 Å². The van der Waals surface area contributed by atoms with Gasteiger partial charge >= 0.3 is 76.3 Å². The van der Waals surface area contributed by atoms with Crippen LogP contribution in [0.1, 0.15) is 34.2 Å². The summed E-state index contributed by atoms with van der Waals surface area (Å²) in [6.07, 6.45) is 31.4. The fraction of sp³-hybridized carbons (Fsp3) is 0.368. The van der Waals surface area contributed by atoms with Crippen molar-refractivity contribution in [3.63, 3.8) is 0 Å². The molecule has 46 nitrogen and oxygen atoms in total. The second-order valence-electron chi connectivity index (χ2n) is 13.2. The maximum atomic E-state index is 8.25. The molecule has 0 spiro atoms. The van der Waals surface area contributed by atoms with Crippen molar-refractivity contribution in [1.29, 1.82) is 0 Å². The summed E-state index contributed by atoms with van der Waals surface area (Å²) in [7, 11) is 2.00. The molecule has 0 fully saturated rings. The number of aliphatic imine (C=N–C) groups is 6. The molecule has 0 bridgehead atoms. The van der Waals surface area contributed by atoms with Crippen LogP contribution in [-0.2, 0) is 0 Å². The number of H-pyrrole nitrogens is 6. The van der Waals surface area contributed by atoms with E-state index < -0.39 is 30.5 Å². The third kappa shape index (κ3) is 72.9. The zero-order valence-electron chi connectivity index (χ0n) is 44.7. The fourth-order valence-corrected chi connectivity index (χ4v) is 4.87. The van der Waals surface area contributed by atoms with Crippen molar-refractivity contribution in [2.75, 3.05) is 92.8 Å². The minimum Gasteiger partial charge on any atom is -0.400 e. The molecular weight excluding hydrogens is 1470 g/mol. The van der Waals surface area contributed by atoms with Crippen LogP contribution < -0.4 is 0 Å². The number of hydrogen-bond donors (Lipinski definition) is 8. The third-order valence-electron chi connectivity index (χ3n) is 7.73. The molecule has 0 atom stereocenters. The number of aromatic amines is 6. The second-order valence-corrected chi connectivity index (χ2v) is 13.2. The summed E-state index contributed by atoms with van der Waals surface area (Å²) in [4.78, 5) is 123. The molecule has 0 aromatic carbocycles. The van der Waals surface area contributed by atoms with Gasteiger partial charge in [-0.2, -0.15) is 0 Å². The Morgan fingerprint density at radius 3 is 0.535 bits per heavy atom. The average molecular weight is 1520 g/mol. The van der Waals surface area contributed by atoms with Crippen LogP contribution >= 0.6 is 0 Å². The van der Waals surface area contributed by atoms with E-state index in [9.17, 15) is 0 Å². The van der Waals surface area contributed by atoms with Gasteiger partial charge in [-0.25, -0.2) is 29.9 Å². The molecule has 6 aromatic rings. The van der Waals surface area contributed by atoms with Crippen LogP contribution in [-0.4, -0.2) is 240 Å². The first-order valence-electron chi connectivity index (χ1n) is 22.3. The molecule has 478 valence electrons. The van der Waals surface area contributed by atoms with Crippen molar-refractivity contribution in [2.24, 2.45) is 30.0 Å². The SMILES string of the molecule is C(=NCCN(CCN=Cc1c[nH]cn1)CCN=Cc1c[nH]cn1)c1c[nH]cn1.C(=NCCN(CCN=Cc1c[nH]cn1)CCN=Cc1c[nH]cn1)c1c[nH]cn1.CO.CO.O=[N+]([O-])[O-].O=[N+]([O-])[O-].O=[N+]([O-])[O-].O=[N+]([O-])[O-].O=[N+]([O-])[O-].O=[N+]([O-])[O-].[Dy+3].[Dy+3]. The average Bonchev–Trinajstić information content (AvgIpc) is 4.29. The van der Waals surface area contributed by atoms with E-state index in [-0.39, 0.29) is 76.3 Å². The van der Waals surface area contributed by atoms with Gasteiger partial charge in [0.25, 0.3) is 0 Å². The number of aliphatic hydroxyl groups is 2. The Labute approximate surface area is 544 Å². The van der Waals surface area contributed by atoms with E-state index in [0.29, 0.717) is 39.3 Å². The van der Waals surface area contributed by atoms with E-state index in [1.165, 1.54) is 0 Å². The molecule has 0 aliphatic rings. The molecular formula is C38H56Dy2N26O20. The van der Waals surface area contributed by atoms with E-state index in [2.05, 4.69) is 99.6 Å². The third-order valence-corrected chi connectivity index (χ3v) is 7.73. The fourth-order valence-electron chi connectivity index (χ4n) is 4.87. The monoisotopic (exact) mass is 1520 g/mol. The normalized spacial score (nSPS) is 9.84. The molecule has 0 saturated heterocycles. The number of imidazole rings is 6. The van der Waals surface area contributed by atoms with Crippen LogP contribution in [0.5, 0.6) is 0 Å². The quantitative estimate of drug-likeness (QED) is 0.0213. The number of nitrogens with zero attached hydrogens (tertiary/aromatic N) is 20. The van der Waals surface area contributed by atoms with Crippen molar-refractivity contribution >= 4 is 37.3 Å². The first-order valence-corrected chi connectivity index (χ1v) is 22.3. The van der Waals surface area contributed by atoms with Crippen molar-refractivity contribution < 1.29 is 117 Å². The molecule has 86 heavy (non-hydrogen) atoms. The maximum Gasteiger partial charge on any atom is 3.00 e. The van der Waals surface area contributed by atoms with E-state index in [0.717, 1.165) is 87.7 Å². The topological polar surface area (TPSA) is 690 Å². The zero-order chi connectivity index (χ0) is 64.0. The van der Waals surface area contributed by atoms with Gasteiger partial charge in [-0.1, -0.05) is 0 Å². The van der Waals surface area contributed by atoms with Gasteiger partial charge in [-0.15, -0.1) is 0 Å². The molecule has 0 saturated carbocycles. The van der Waals surface area contributed by atoms with Crippen LogP contribution in [0.25, 0.3) is 0 Å². The molecule has 2 radical (unpaired) electrons. The van der Waals surface area contributed by atoms with Crippen LogP contribution in [0.2, 0.25) is 0 Å². The molecule has 6 aromatic heterocycles. The summed E-state index contributed by atoms with van der Waals surface area (Å²) in [6.45, 7) is 9.14. The van der Waals surface area contributed by atoms with Crippen LogP contribution in [0.3, 0.4) is 0 Å². The van der Waals surface area contributed by atoms with Gasteiger partial charge < -0.3 is 132 Å². The summed E-state index contributed by atoms with van der Waals surface area (Å²) < 4.78 is 0. The van der Waals surface area contributed by atoms with Gasteiger partial charge in [-0.3, -0.25) is 39.8 Å². The smallest absolute Gasteiger partial charge is 0.400 e. The van der Waals surface area contributed by atoms with Crippen LogP contribution in [0.15, 0.2) is 105 Å². The number of nitrogens with one attached hydrogen (secondary N) is 6. The summed E-state index contributed by atoms with van der Waals surface area (Å²) in [5.41, 5.74) is 4.99. The van der Waals surface area contributed by atoms with Crippen LogP contribution in [0, 0.1) is 168 Å². The van der Waals surface area contributed by atoms with E-state index >= 15 is 0 Å². The van der Waals surface area contributed by atoms with Crippen LogP contribution in [0.4, 0.5) is 0 Å². The minimum atomic E-state index is -1.75. The van der Waals surface area contributed by atoms with E-state index in [4.69, 9.17) is 102 Å². The molecule has 48 heteroatoms. The zero-order valence-corrected chi connectivity index (χ0v) is 48.8. The minimum absolute atomic E-state index is 0. The molecule has 0 aliphatic heterocycles. The number of aromatic nitrogens is 12. The molecule has 8 N–H and O–H groups in total. The predicted molar refractivity (Wildman–Crippen MR) is 298 cm³/mol. The summed E-state index contributed by atoms with van der Waals surface area (Å²) in [5.74, 6) is 0. The van der Waals surface area contributed by atoms with Gasteiger partial charge in [0, 0.05) is 128 Å². The van der Waals surface area contributed by atoms with Crippen molar-refractivity contribution in [2.45, 2.75) is 0 Å². The van der Waals surface area contributed by atoms with Gasteiger partial charge in [0.05, 0.1) is 142 Å². The Bertz CT molecular complexity index is 2160. The summed E-state index contributed by atoms with van der Waals surface area (Å²) in [6, 6.07) is 0. The van der Waals surface area contributed by atoms with Crippen molar-refractivity contribution in [1.82, 2.24) is 69.6 Å². The first kappa shape index (κ1) is 88.1.